The summed E-state index contributed by atoms with van der Waals surface area (Å²) >= 11 is 5.74. The minimum Gasteiger partial charge on any atom is -0.481 e. The second-order valence-corrected chi connectivity index (χ2v) is 6.12. The lowest BCUT2D eigenvalue weighted by Crippen LogP contribution is -2.29. The zero-order chi connectivity index (χ0) is 16.0. The Hall–Kier alpha value is -1.62. The minimum absolute atomic E-state index is 0.0872. The normalized spacial score (nSPS) is 11.2. The van der Waals surface area contributed by atoms with Crippen LogP contribution in [-0.2, 0) is 4.79 Å². The second kappa shape index (κ2) is 7.41. The third kappa shape index (κ3) is 6.12. The molecule has 0 saturated heterocycles. The van der Waals surface area contributed by atoms with Gasteiger partial charge in [0.05, 0.1) is 5.56 Å². The van der Waals surface area contributed by atoms with Gasteiger partial charge in [-0.05, 0) is 36.5 Å². The molecule has 2 N–H and O–H groups in total. The van der Waals surface area contributed by atoms with Crippen molar-refractivity contribution in [1.29, 1.82) is 0 Å². The predicted molar refractivity (Wildman–Crippen MR) is 79.0 cm³/mol. The van der Waals surface area contributed by atoms with Crippen LogP contribution in [-0.4, -0.2) is 23.5 Å². The summed E-state index contributed by atoms with van der Waals surface area (Å²) < 4.78 is 13.5. The molecule has 1 amide bonds. The fourth-order valence-electron chi connectivity index (χ4n) is 1.85. The number of carboxylic acids is 1. The quantitative estimate of drug-likeness (QED) is 0.809. The molecule has 1 rings (SSSR count). The fourth-order valence-corrected chi connectivity index (χ4v) is 2.02. The standard InChI is InChI=1S/C15H19ClFNO3/c1-15(2,6-5-13(19)20)7-8-18-14(21)11-9-10(16)3-4-12(11)17/h3-4,9H,5-8H2,1-2H3,(H,18,21)(H,19,20). The number of halogens is 2. The van der Waals surface area contributed by atoms with Crippen LogP contribution in [0.3, 0.4) is 0 Å². The predicted octanol–water partition coefficient (Wildman–Crippen LogP) is 3.49. The molecule has 116 valence electrons. The van der Waals surface area contributed by atoms with Gasteiger partial charge in [0.15, 0.2) is 0 Å². The maximum absolute atomic E-state index is 13.5. The number of hydrogen-bond acceptors (Lipinski definition) is 2. The highest BCUT2D eigenvalue weighted by Gasteiger charge is 2.20. The highest BCUT2D eigenvalue weighted by Crippen LogP contribution is 2.26. The summed E-state index contributed by atoms with van der Waals surface area (Å²) in [4.78, 5) is 22.4. The van der Waals surface area contributed by atoms with Crippen LogP contribution >= 0.6 is 11.6 Å². The van der Waals surface area contributed by atoms with Gasteiger partial charge in [0.1, 0.15) is 5.82 Å². The smallest absolute Gasteiger partial charge is 0.303 e. The molecular formula is C15H19ClFNO3. The molecule has 0 bridgehead atoms. The van der Waals surface area contributed by atoms with Crippen molar-refractivity contribution in [2.45, 2.75) is 33.1 Å². The summed E-state index contributed by atoms with van der Waals surface area (Å²) in [5.74, 6) is -1.99. The lowest BCUT2D eigenvalue weighted by molar-refractivity contribution is -0.137. The number of carboxylic acid groups (broad SMARTS) is 1. The fraction of sp³-hybridized carbons (Fsp3) is 0.467. The van der Waals surface area contributed by atoms with Crippen LogP contribution in [0.1, 0.15) is 43.5 Å². The maximum atomic E-state index is 13.5. The monoisotopic (exact) mass is 315 g/mol. The van der Waals surface area contributed by atoms with E-state index >= 15 is 0 Å². The van der Waals surface area contributed by atoms with E-state index in [1.165, 1.54) is 12.1 Å². The van der Waals surface area contributed by atoms with Gasteiger partial charge in [-0.1, -0.05) is 25.4 Å². The summed E-state index contributed by atoms with van der Waals surface area (Å²) in [7, 11) is 0. The molecule has 0 aromatic heterocycles. The Kier molecular flexibility index (Phi) is 6.15. The van der Waals surface area contributed by atoms with E-state index in [4.69, 9.17) is 16.7 Å². The average molecular weight is 316 g/mol. The van der Waals surface area contributed by atoms with Crippen LogP contribution in [0.4, 0.5) is 4.39 Å². The number of carbonyl (C=O) groups excluding carboxylic acids is 1. The first-order valence-electron chi connectivity index (χ1n) is 6.66. The first-order valence-corrected chi connectivity index (χ1v) is 7.04. The molecule has 0 aliphatic carbocycles. The van der Waals surface area contributed by atoms with Gasteiger partial charge in [-0.25, -0.2) is 4.39 Å². The topological polar surface area (TPSA) is 66.4 Å². The molecule has 0 radical (unpaired) electrons. The van der Waals surface area contributed by atoms with E-state index in [-0.39, 0.29) is 17.4 Å². The molecule has 0 aliphatic heterocycles. The third-order valence-electron chi connectivity index (χ3n) is 3.28. The van der Waals surface area contributed by atoms with Gasteiger partial charge in [-0.2, -0.15) is 0 Å². The van der Waals surface area contributed by atoms with Crippen molar-refractivity contribution in [2.75, 3.05) is 6.54 Å². The number of nitrogens with one attached hydrogen (secondary N) is 1. The van der Waals surface area contributed by atoms with Crippen molar-refractivity contribution in [3.8, 4) is 0 Å². The zero-order valence-electron chi connectivity index (χ0n) is 12.1. The Morgan fingerprint density at radius 2 is 2.00 bits per heavy atom. The molecule has 1 aromatic rings. The van der Waals surface area contributed by atoms with Crippen LogP contribution in [0.25, 0.3) is 0 Å². The molecule has 0 heterocycles. The highest BCUT2D eigenvalue weighted by atomic mass is 35.5. The molecule has 0 aliphatic rings. The molecule has 0 saturated carbocycles. The molecule has 6 heteroatoms. The molecule has 21 heavy (non-hydrogen) atoms. The van der Waals surface area contributed by atoms with Crippen LogP contribution in [0.2, 0.25) is 5.02 Å². The van der Waals surface area contributed by atoms with E-state index in [1.807, 2.05) is 13.8 Å². The highest BCUT2D eigenvalue weighted by molar-refractivity contribution is 6.30. The summed E-state index contributed by atoms with van der Waals surface area (Å²) in [6.45, 7) is 4.21. The number of amides is 1. The van der Waals surface area contributed by atoms with Crippen LogP contribution in [0, 0.1) is 11.2 Å². The second-order valence-electron chi connectivity index (χ2n) is 5.69. The van der Waals surface area contributed by atoms with Gasteiger partial charge in [0, 0.05) is 18.0 Å². The van der Waals surface area contributed by atoms with Crippen molar-refractivity contribution in [1.82, 2.24) is 5.32 Å². The Balaban J connectivity index is 2.50. The molecule has 4 nitrogen and oxygen atoms in total. The zero-order valence-corrected chi connectivity index (χ0v) is 12.8. The van der Waals surface area contributed by atoms with Gasteiger partial charge in [0.2, 0.25) is 0 Å². The van der Waals surface area contributed by atoms with Gasteiger partial charge in [0.25, 0.3) is 5.91 Å². The number of rotatable bonds is 7. The van der Waals surface area contributed by atoms with Crippen LogP contribution in [0.15, 0.2) is 18.2 Å². The number of carbonyl (C=O) groups is 2. The van der Waals surface area contributed by atoms with Crippen molar-refractivity contribution >= 4 is 23.5 Å². The SMILES string of the molecule is CC(C)(CCNC(=O)c1cc(Cl)ccc1F)CCC(=O)O. The summed E-state index contributed by atoms with van der Waals surface area (Å²) in [6, 6.07) is 3.80. The number of benzene rings is 1. The van der Waals surface area contributed by atoms with Gasteiger partial charge in [-0.3, -0.25) is 9.59 Å². The number of aliphatic carboxylic acids is 1. The molecule has 0 unspecified atom stereocenters. The van der Waals surface area contributed by atoms with E-state index in [9.17, 15) is 14.0 Å². The van der Waals surface area contributed by atoms with Gasteiger partial charge < -0.3 is 10.4 Å². The summed E-state index contributed by atoms with van der Waals surface area (Å²) in [5.41, 5.74) is -0.302. The lowest BCUT2D eigenvalue weighted by Gasteiger charge is -2.23. The Morgan fingerprint density at radius 3 is 2.62 bits per heavy atom. The van der Waals surface area contributed by atoms with E-state index in [0.29, 0.717) is 24.4 Å². The molecule has 0 atom stereocenters. The van der Waals surface area contributed by atoms with Crippen molar-refractivity contribution in [2.24, 2.45) is 5.41 Å². The number of hydrogen-bond donors (Lipinski definition) is 2. The van der Waals surface area contributed by atoms with Crippen molar-refractivity contribution in [3.63, 3.8) is 0 Å². The van der Waals surface area contributed by atoms with Gasteiger partial charge >= 0.3 is 5.97 Å². The Bertz CT molecular complexity index is 532. The largest absolute Gasteiger partial charge is 0.481 e. The molecular weight excluding hydrogens is 297 g/mol. The Morgan fingerprint density at radius 1 is 1.33 bits per heavy atom. The lowest BCUT2D eigenvalue weighted by atomic mass is 9.84. The van der Waals surface area contributed by atoms with E-state index in [0.717, 1.165) is 6.07 Å². The van der Waals surface area contributed by atoms with Crippen LogP contribution < -0.4 is 5.32 Å². The van der Waals surface area contributed by atoms with E-state index in [2.05, 4.69) is 5.32 Å². The van der Waals surface area contributed by atoms with E-state index < -0.39 is 17.7 Å². The third-order valence-corrected chi connectivity index (χ3v) is 3.51. The first-order chi connectivity index (χ1) is 9.71. The molecule has 0 fully saturated rings. The molecule has 1 aromatic carbocycles. The van der Waals surface area contributed by atoms with Crippen molar-refractivity contribution in [3.05, 3.63) is 34.6 Å². The first kappa shape index (κ1) is 17.4. The van der Waals surface area contributed by atoms with Crippen LogP contribution in [0.5, 0.6) is 0 Å². The maximum Gasteiger partial charge on any atom is 0.303 e. The summed E-state index contributed by atoms with van der Waals surface area (Å²) in [5, 5.41) is 11.6. The van der Waals surface area contributed by atoms with E-state index in [1.54, 1.807) is 0 Å². The average Bonchev–Trinajstić information content (AvgIpc) is 2.39. The minimum atomic E-state index is -0.840. The summed E-state index contributed by atoms with van der Waals surface area (Å²) in [6.07, 6.45) is 1.21. The Labute approximate surface area is 128 Å². The van der Waals surface area contributed by atoms with Gasteiger partial charge in [-0.15, -0.1) is 0 Å². The van der Waals surface area contributed by atoms with Crippen molar-refractivity contribution < 1.29 is 19.1 Å². The molecule has 0 spiro atoms.